The number of benzene rings is 2. The number of rotatable bonds is 2. The molecular weight excluding hydrogens is 266 g/mol. The van der Waals surface area contributed by atoms with Gasteiger partial charge in [-0.25, -0.2) is 0 Å². The molecular formula is C16H17N3O2. The van der Waals surface area contributed by atoms with E-state index in [2.05, 4.69) is 0 Å². The molecule has 2 amide bonds. The number of likely N-dealkylation sites (tertiary alicyclic amines) is 1. The number of carbonyl (C=O) groups is 2. The minimum absolute atomic E-state index is 0.223. The molecule has 1 unspecified atom stereocenters. The van der Waals surface area contributed by atoms with Gasteiger partial charge in [0, 0.05) is 12.2 Å². The lowest BCUT2D eigenvalue weighted by molar-refractivity contribution is -0.121. The first-order chi connectivity index (χ1) is 10.1. The molecule has 1 heterocycles. The molecule has 2 aromatic carbocycles. The van der Waals surface area contributed by atoms with Gasteiger partial charge < -0.3 is 16.4 Å². The van der Waals surface area contributed by atoms with E-state index in [9.17, 15) is 9.59 Å². The van der Waals surface area contributed by atoms with Crippen LogP contribution in [0.2, 0.25) is 0 Å². The van der Waals surface area contributed by atoms with Crippen molar-refractivity contribution in [3.8, 4) is 0 Å². The van der Waals surface area contributed by atoms with Crippen molar-refractivity contribution in [1.82, 2.24) is 4.90 Å². The molecule has 5 nitrogen and oxygen atoms in total. The van der Waals surface area contributed by atoms with Gasteiger partial charge in [0.15, 0.2) is 0 Å². The van der Waals surface area contributed by atoms with E-state index >= 15 is 0 Å². The van der Waals surface area contributed by atoms with Gasteiger partial charge in [0.05, 0.1) is 5.56 Å². The van der Waals surface area contributed by atoms with Gasteiger partial charge in [0.1, 0.15) is 6.04 Å². The summed E-state index contributed by atoms with van der Waals surface area (Å²) in [5.74, 6) is -0.681. The quantitative estimate of drug-likeness (QED) is 0.819. The number of nitrogen functional groups attached to an aromatic ring is 1. The van der Waals surface area contributed by atoms with Gasteiger partial charge in [-0.2, -0.15) is 0 Å². The Kier molecular flexibility index (Phi) is 3.25. The predicted molar refractivity (Wildman–Crippen MR) is 81.6 cm³/mol. The minimum atomic E-state index is -0.525. The Balaban J connectivity index is 2.01. The van der Waals surface area contributed by atoms with Crippen molar-refractivity contribution in [1.29, 1.82) is 0 Å². The smallest absolute Gasteiger partial charge is 0.256 e. The second-order valence-corrected chi connectivity index (χ2v) is 5.35. The molecule has 1 saturated heterocycles. The normalized spacial score (nSPS) is 18.1. The van der Waals surface area contributed by atoms with Gasteiger partial charge in [0.2, 0.25) is 5.91 Å². The highest BCUT2D eigenvalue weighted by Crippen LogP contribution is 2.26. The molecule has 1 aliphatic rings. The number of primary amides is 1. The monoisotopic (exact) mass is 283 g/mol. The summed E-state index contributed by atoms with van der Waals surface area (Å²) in [6.45, 7) is 0.540. The SMILES string of the molecule is NC(=O)C1CCCN1C(=O)c1cc2ccccc2cc1N. The average molecular weight is 283 g/mol. The first-order valence-corrected chi connectivity index (χ1v) is 6.96. The zero-order valence-corrected chi connectivity index (χ0v) is 11.6. The molecule has 1 aliphatic heterocycles. The third-order valence-corrected chi connectivity index (χ3v) is 3.99. The molecule has 0 aromatic heterocycles. The fourth-order valence-electron chi connectivity index (χ4n) is 2.90. The Morgan fingerprint density at radius 3 is 2.48 bits per heavy atom. The van der Waals surface area contributed by atoms with Crippen LogP contribution < -0.4 is 11.5 Å². The maximum atomic E-state index is 12.7. The standard InChI is InChI=1S/C16H17N3O2/c17-13-9-11-5-2-1-4-10(11)8-12(13)16(21)19-7-3-6-14(19)15(18)20/h1-2,4-5,8-9,14H,3,6-7,17H2,(H2,18,20). The maximum absolute atomic E-state index is 12.7. The molecule has 0 bridgehead atoms. The zero-order chi connectivity index (χ0) is 15.0. The second kappa shape index (κ2) is 5.09. The Labute approximate surface area is 122 Å². The van der Waals surface area contributed by atoms with E-state index in [1.54, 1.807) is 12.1 Å². The van der Waals surface area contributed by atoms with Crippen LogP contribution in [0.3, 0.4) is 0 Å². The van der Waals surface area contributed by atoms with Gasteiger partial charge in [-0.05, 0) is 35.7 Å². The van der Waals surface area contributed by atoms with E-state index < -0.39 is 11.9 Å². The number of nitrogens with zero attached hydrogens (tertiary/aromatic N) is 1. The number of hydrogen-bond donors (Lipinski definition) is 2. The van der Waals surface area contributed by atoms with Crippen molar-refractivity contribution in [3.63, 3.8) is 0 Å². The lowest BCUT2D eigenvalue weighted by Crippen LogP contribution is -2.43. The largest absolute Gasteiger partial charge is 0.398 e. The predicted octanol–water partition coefficient (Wildman–Crippen LogP) is 1.51. The molecule has 21 heavy (non-hydrogen) atoms. The van der Waals surface area contributed by atoms with Crippen LogP contribution in [0.15, 0.2) is 36.4 Å². The fourth-order valence-corrected chi connectivity index (χ4v) is 2.90. The molecule has 4 N–H and O–H groups in total. The molecule has 5 heteroatoms. The molecule has 108 valence electrons. The van der Waals surface area contributed by atoms with Crippen molar-refractivity contribution in [2.24, 2.45) is 5.73 Å². The minimum Gasteiger partial charge on any atom is -0.398 e. The van der Waals surface area contributed by atoms with Gasteiger partial charge in [-0.3, -0.25) is 9.59 Å². The van der Waals surface area contributed by atoms with Crippen LogP contribution in [0.5, 0.6) is 0 Å². The number of carbonyl (C=O) groups excluding carboxylic acids is 2. The van der Waals surface area contributed by atoms with Crippen molar-refractivity contribution >= 4 is 28.3 Å². The van der Waals surface area contributed by atoms with Crippen molar-refractivity contribution < 1.29 is 9.59 Å². The summed E-state index contributed by atoms with van der Waals surface area (Å²) >= 11 is 0. The van der Waals surface area contributed by atoms with Crippen LogP contribution in [-0.4, -0.2) is 29.3 Å². The molecule has 0 aliphatic carbocycles. The zero-order valence-electron chi connectivity index (χ0n) is 11.6. The van der Waals surface area contributed by atoms with Gasteiger partial charge in [-0.15, -0.1) is 0 Å². The second-order valence-electron chi connectivity index (χ2n) is 5.35. The summed E-state index contributed by atoms with van der Waals surface area (Å²) < 4.78 is 0. The summed E-state index contributed by atoms with van der Waals surface area (Å²) in [7, 11) is 0. The molecule has 3 rings (SSSR count). The van der Waals surface area contributed by atoms with Crippen LogP contribution in [0.25, 0.3) is 10.8 Å². The number of nitrogens with two attached hydrogens (primary N) is 2. The topological polar surface area (TPSA) is 89.4 Å². The summed E-state index contributed by atoms with van der Waals surface area (Å²) in [6.07, 6.45) is 1.40. The third kappa shape index (κ3) is 2.31. The van der Waals surface area contributed by atoms with Crippen molar-refractivity contribution in [2.45, 2.75) is 18.9 Å². The molecule has 0 saturated carbocycles. The number of hydrogen-bond acceptors (Lipinski definition) is 3. The molecule has 1 atom stereocenters. The lowest BCUT2D eigenvalue weighted by Gasteiger charge is -2.23. The molecule has 0 spiro atoms. The summed E-state index contributed by atoms with van der Waals surface area (Å²) in [6, 6.07) is 10.8. The highest BCUT2D eigenvalue weighted by Gasteiger charge is 2.33. The summed E-state index contributed by atoms with van der Waals surface area (Å²) in [4.78, 5) is 25.6. The first-order valence-electron chi connectivity index (χ1n) is 6.96. The summed E-state index contributed by atoms with van der Waals surface area (Å²) in [5.41, 5.74) is 12.2. The highest BCUT2D eigenvalue weighted by molar-refractivity contribution is 6.05. The van der Waals surface area contributed by atoms with Gasteiger partial charge in [-0.1, -0.05) is 24.3 Å². The Bertz CT molecular complexity index is 727. The Hall–Kier alpha value is -2.56. The third-order valence-electron chi connectivity index (χ3n) is 3.99. The Morgan fingerprint density at radius 1 is 1.14 bits per heavy atom. The van der Waals surface area contributed by atoms with E-state index in [1.807, 2.05) is 24.3 Å². The maximum Gasteiger partial charge on any atom is 0.256 e. The number of amides is 2. The lowest BCUT2D eigenvalue weighted by atomic mass is 10.0. The van der Waals surface area contributed by atoms with Crippen LogP contribution >= 0.6 is 0 Å². The number of anilines is 1. The summed E-state index contributed by atoms with van der Waals surface area (Å²) in [5, 5.41) is 1.93. The molecule has 2 aromatic rings. The van der Waals surface area contributed by atoms with Gasteiger partial charge in [0.25, 0.3) is 5.91 Å². The van der Waals surface area contributed by atoms with Crippen molar-refractivity contribution in [2.75, 3.05) is 12.3 Å². The van der Waals surface area contributed by atoms with Crippen LogP contribution in [0, 0.1) is 0 Å². The average Bonchev–Trinajstić information content (AvgIpc) is 2.95. The van der Waals surface area contributed by atoms with E-state index in [0.29, 0.717) is 24.2 Å². The fraction of sp³-hybridized carbons (Fsp3) is 0.250. The number of fused-ring (bicyclic) bond motifs is 1. The van der Waals surface area contributed by atoms with Crippen LogP contribution in [0.4, 0.5) is 5.69 Å². The van der Waals surface area contributed by atoms with Crippen molar-refractivity contribution in [3.05, 3.63) is 42.0 Å². The van der Waals surface area contributed by atoms with Crippen LogP contribution in [0.1, 0.15) is 23.2 Å². The van der Waals surface area contributed by atoms with E-state index in [1.165, 1.54) is 4.90 Å². The van der Waals surface area contributed by atoms with Gasteiger partial charge >= 0.3 is 0 Å². The van der Waals surface area contributed by atoms with E-state index in [4.69, 9.17) is 11.5 Å². The molecule has 1 fully saturated rings. The van der Waals surface area contributed by atoms with E-state index in [-0.39, 0.29) is 5.91 Å². The first kappa shape index (κ1) is 13.4. The van der Waals surface area contributed by atoms with E-state index in [0.717, 1.165) is 17.2 Å². The molecule has 0 radical (unpaired) electrons. The Morgan fingerprint density at radius 2 is 1.81 bits per heavy atom. The van der Waals surface area contributed by atoms with Crippen LogP contribution in [-0.2, 0) is 4.79 Å². The highest BCUT2D eigenvalue weighted by atomic mass is 16.2.